The monoisotopic (exact) mass is 322 g/mol. The van der Waals surface area contributed by atoms with Gasteiger partial charge in [0, 0.05) is 5.33 Å². The molecule has 0 aliphatic carbocycles. The molecular weight excluding hydrogens is 314 g/mol. The minimum absolute atomic E-state index is 0. The van der Waals surface area contributed by atoms with Crippen molar-refractivity contribution in [2.24, 2.45) is 0 Å². The molecule has 0 radical (unpaired) electrons. The smallest absolute Gasteiger partial charge is 0.652 e. The summed E-state index contributed by atoms with van der Waals surface area (Å²) in [6, 6.07) is 10.5. The zero-order chi connectivity index (χ0) is 10.1. The fourth-order valence-corrected chi connectivity index (χ4v) is 1.21. The third-order valence-electron chi connectivity index (χ3n) is 1.23. The largest absolute Gasteiger partial charge is 1.00 e. The number of carboxylic acid groups (broad SMARTS) is 2. The Labute approximate surface area is 183 Å². The van der Waals surface area contributed by atoms with Crippen LogP contribution in [0, 0.1) is 0 Å². The van der Waals surface area contributed by atoms with Crippen LogP contribution in [0.1, 0.15) is 5.56 Å². The molecule has 0 saturated heterocycles. The van der Waals surface area contributed by atoms with Crippen molar-refractivity contribution in [2.45, 2.75) is 6.42 Å². The molecule has 0 fully saturated rings. The normalized spacial score (nSPS) is 7.27. The number of rotatable bonds is 2. The fraction of sp³-hybridized carbons (Fsp3) is 0.222. The molecule has 15 heavy (non-hydrogen) atoms. The van der Waals surface area contributed by atoms with Crippen molar-refractivity contribution in [1.29, 1.82) is 0 Å². The minimum Gasteiger partial charge on any atom is -0.652 e. The van der Waals surface area contributed by atoms with Gasteiger partial charge in [-0.3, -0.25) is 0 Å². The Balaban J connectivity index is -0.000000213. The molecule has 0 amide bonds. The first-order valence-electron chi connectivity index (χ1n) is 3.64. The third-order valence-corrected chi connectivity index (χ3v) is 1.62. The van der Waals surface area contributed by atoms with E-state index in [2.05, 4.69) is 40.2 Å². The number of hydrogen-bond donors (Lipinski definition) is 0. The molecule has 0 aliphatic heterocycles. The molecule has 6 heteroatoms. The number of alkyl halides is 1. The predicted molar refractivity (Wildman–Crippen MR) is 49.3 cm³/mol. The maximum Gasteiger partial charge on any atom is 1.00 e. The van der Waals surface area contributed by atoms with Crippen LogP contribution in [0.4, 0.5) is 4.79 Å². The van der Waals surface area contributed by atoms with E-state index in [4.69, 9.17) is 15.0 Å². The molecule has 72 valence electrons. The van der Waals surface area contributed by atoms with Crippen LogP contribution in [0.15, 0.2) is 30.3 Å². The molecule has 0 N–H and O–H groups in total. The van der Waals surface area contributed by atoms with Crippen molar-refractivity contribution in [3.8, 4) is 0 Å². The van der Waals surface area contributed by atoms with Crippen molar-refractivity contribution < 1.29 is 118 Å². The van der Waals surface area contributed by atoms with E-state index in [0.717, 1.165) is 11.8 Å². The molecule has 0 aromatic heterocycles. The first-order valence-corrected chi connectivity index (χ1v) is 4.77. The Morgan fingerprint density at radius 2 is 1.53 bits per heavy atom. The number of aryl methyl sites for hydroxylation is 1. The molecule has 3 nitrogen and oxygen atoms in total. The number of benzene rings is 1. The topological polar surface area (TPSA) is 63.2 Å². The van der Waals surface area contributed by atoms with E-state index in [0.29, 0.717) is 0 Å². The molecule has 0 aliphatic rings. The van der Waals surface area contributed by atoms with Gasteiger partial charge in [-0.2, -0.15) is 0 Å². The van der Waals surface area contributed by atoms with E-state index in [-0.39, 0.29) is 103 Å². The third kappa shape index (κ3) is 18.8. The summed E-state index contributed by atoms with van der Waals surface area (Å²) in [4.78, 5) is 8.33. The van der Waals surface area contributed by atoms with Gasteiger partial charge in [-0.15, -0.1) is 0 Å². The fourth-order valence-electron chi connectivity index (χ4n) is 0.754. The second-order valence-corrected chi connectivity index (χ2v) is 2.97. The molecule has 0 unspecified atom stereocenters. The van der Waals surface area contributed by atoms with Crippen LogP contribution < -0.4 is 113 Å². The van der Waals surface area contributed by atoms with Gasteiger partial charge in [0.25, 0.3) is 0 Å². The van der Waals surface area contributed by atoms with Crippen LogP contribution in [0.2, 0.25) is 0 Å². The Kier molecular flexibility index (Phi) is 24.3. The van der Waals surface area contributed by atoms with Gasteiger partial charge in [0.05, 0.1) is 0 Å². The van der Waals surface area contributed by atoms with Gasteiger partial charge >= 0.3 is 103 Å². The van der Waals surface area contributed by atoms with Crippen molar-refractivity contribution in [2.75, 3.05) is 5.33 Å². The van der Waals surface area contributed by atoms with E-state index >= 15 is 0 Å². The minimum atomic E-state index is -2.33. The molecule has 1 aromatic rings. The molecule has 0 heterocycles. The SMILES string of the molecule is BrCCc1ccccc1.O=C([O-])[O-].[K+].[K+]. The molecule has 0 bridgehead atoms. The van der Waals surface area contributed by atoms with Crippen LogP contribution >= 0.6 is 15.9 Å². The Bertz CT molecular complexity index is 240. The van der Waals surface area contributed by atoms with Gasteiger partial charge in [-0.05, 0) is 18.1 Å². The van der Waals surface area contributed by atoms with Crippen molar-refractivity contribution in [1.82, 2.24) is 0 Å². The zero-order valence-corrected chi connectivity index (χ0v) is 16.7. The second-order valence-electron chi connectivity index (χ2n) is 2.17. The Hall–Kier alpha value is 2.24. The van der Waals surface area contributed by atoms with Gasteiger partial charge in [0.15, 0.2) is 0 Å². The summed E-state index contributed by atoms with van der Waals surface area (Å²) >= 11 is 3.39. The van der Waals surface area contributed by atoms with Crippen LogP contribution in [-0.4, -0.2) is 11.5 Å². The summed E-state index contributed by atoms with van der Waals surface area (Å²) in [5.74, 6) is 0. The van der Waals surface area contributed by atoms with Crippen molar-refractivity contribution in [3.63, 3.8) is 0 Å². The quantitative estimate of drug-likeness (QED) is 0.402. The van der Waals surface area contributed by atoms with Gasteiger partial charge < -0.3 is 15.0 Å². The predicted octanol–water partition coefficient (Wildman–Crippen LogP) is -5.81. The first kappa shape index (κ1) is 22.4. The van der Waals surface area contributed by atoms with Gasteiger partial charge in [-0.1, -0.05) is 46.3 Å². The summed E-state index contributed by atoms with van der Waals surface area (Å²) in [6.07, 6.45) is -1.21. The van der Waals surface area contributed by atoms with Crippen LogP contribution in [0.3, 0.4) is 0 Å². The standard InChI is InChI=1S/C8H9Br.CH2O3.2K/c9-7-6-8-4-2-1-3-5-8;2-1(3)4;;/h1-5H,6-7H2;(H2,2,3,4);;/q;;2*+1/p-2. The number of carbonyl (C=O) groups excluding carboxylic acids is 1. The Morgan fingerprint density at radius 3 is 1.87 bits per heavy atom. The number of carbonyl (C=O) groups is 1. The van der Waals surface area contributed by atoms with Crippen molar-refractivity contribution >= 4 is 22.1 Å². The average Bonchev–Trinajstić information content (AvgIpc) is 2.06. The molecule has 1 rings (SSSR count). The average molecular weight is 323 g/mol. The van der Waals surface area contributed by atoms with Crippen molar-refractivity contribution in [3.05, 3.63) is 35.9 Å². The number of hydrogen-bond acceptors (Lipinski definition) is 3. The molecule has 0 atom stereocenters. The van der Waals surface area contributed by atoms with Crippen LogP contribution in [0.5, 0.6) is 0 Å². The zero-order valence-electron chi connectivity index (χ0n) is 8.90. The van der Waals surface area contributed by atoms with Gasteiger partial charge in [-0.25, -0.2) is 0 Å². The summed E-state index contributed by atoms with van der Waals surface area (Å²) in [5.41, 5.74) is 1.40. The molecule has 0 spiro atoms. The van der Waals surface area contributed by atoms with E-state index in [1.807, 2.05) is 6.07 Å². The number of halogens is 1. The summed E-state index contributed by atoms with van der Waals surface area (Å²) < 4.78 is 0. The Morgan fingerprint density at radius 1 is 1.13 bits per heavy atom. The van der Waals surface area contributed by atoms with Crippen LogP contribution in [0.25, 0.3) is 0 Å². The van der Waals surface area contributed by atoms with Gasteiger partial charge in [0.2, 0.25) is 0 Å². The molecular formula is C9H9BrK2O3. The summed E-state index contributed by atoms with van der Waals surface area (Å²) in [6.45, 7) is 0. The van der Waals surface area contributed by atoms with E-state index in [1.54, 1.807) is 0 Å². The molecule has 0 saturated carbocycles. The maximum atomic E-state index is 8.33. The maximum absolute atomic E-state index is 8.33. The van der Waals surface area contributed by atoms with E-state index in [1.165, 1.54) is 5.56 Å². The summed E-state index contributed by atoms with van der Waals surface area (Å²) in [5, 5.41) is 17.7. The summed E-state index contributed by atoms with van der Waals surface area (Å²) in [7, 11) is 0. The van der Waals surface area contributed by atoms with E-state index in [9.17, 15) is 0 Å². The van der Waals surface area contributed by atoms with E-state index < -0.39 is 6.16 Å². The second kappa shape index (κ2) is 16.2. The molecule has 1 aromatic carbocycles. The van der Waals surface area contributed by atoms with Gasteiger partial charge in [0.1, 0.15) is 0 Å². The first-order chi connectivity index (χ1) is 6.16. The van der Waals surface area contributed by atoms with Crippen LogP contribution in [-0.2, 0) is 6.42 Å².